The molecule has 1 atom stereocenters. The standard InChI is InChI=1S/C24H23ClNOS/c1-28-15-14-22(26)24(27)19-12-13-20(21(25)16-19)23(17-8-4-2-5-9-17)18-10-6-3-7-11-18/h2-13,16,22H,14-15,26H2,1H3/t22-/m0/s1. The Balaban J connectivity index is 1.97. The zero-order valence-corrected chi connectivity index (χ0v) is 17.3. The molecule has 0 spiro atoms. The molecule has 0 aliphatic rings. The molecule has 3 aromatic carbocycles. The smallest absolute Gasteiger partial charge is 0.179 e. The van der Waals surface area contributed by atoms with Gasteiger partial charge >= 0.3 is 0 Å². The van der Waals surface area contributed by atoms with Gasteiger partial charge in [-0.3, -0.25) is 4.79 Å². The van der Waals surface area contributed by atoms with Crippen molar-refractivity contribution in [1.29, 1.82) is 0 Å². The summed E-state index contributed by atoms with van der Waals surface area (Å²) in [4.78, 5) is 12.6. The first-order chi connectivity index (χ1) is 13.6. The number of thioether (sulfide) groups is 1. The monoisotopic (exact) mass is 408 g/mol. The van der Waals surface area contributed by atoms with E-state index in [0.717, 1.165) is 28.4 Å². The fourth-order valence-corrected chi connectivity index (χ4v) is 3.91. The molecule has 0 aliphatic heterocycles. The number of carbonyl (C=O) groups excluding carboxylic acids is 1. The van der Waals surface area contributed by atoms with E-state index in [1.807, 2.05) is 54.8 Å². The number of rotatable bonds is 8. The third kappa shape index (κ3) is 4.85. The van der Waals surface area contributed by atoms with Gasteiger partial charge < -0.3 is 5.73 Å². The maximum Gasteiger partial charge on any atom is 0.179 e. The molecule has 4 heteroatoms. The number of halogens is 1. The van der Waals surface area contributed by atoms with Crippen LogP contribution in [0.5, 0.6) is 0 Å². The summed E-state index contributed by atoms with van der Waals surface area (Å²) >= 11 is 8.34. The summed E-state index contributed by atoms with van der Waals surface area (Å²) in [5.74, 6) is 1.83. The summed E-state index contributed by atoms with van der Waals surface area (Å²) in [7, 11) is 0. The summed E-state index contributed by atoms with van der Waals surface area (Å²) < 4.78 is 0. The Morgan fingerprint density at radius 3 is 2.00 bits per heavy atom. The van der Waals surface area contributed by atoms with Crippen LogP contribution < -0.4 is 5.73 Å². The van der Waals surface area contributed by atoms with Gasteiger partial charge in [0.2, 0.25) is 0 Å². The highest BCUT2D eigenvalue weighted by Gasteiger charge is 2.22. The van der Waals surface area contributed by atoms with Crippen LogP contribution in [0.2, 0.25) is 5.02 Å². The van der Waals surface area contributed by atoms with Gasteiger partial charge in [-0.15, -0.1) is 0 Å². The Kier molecular flexibility index (Phi) is 7.32. The summed E-state index contributed by atoms with van der Waals surface area (Å²) in [5, 5.41) is 0.547. The minimum atomic E-state index is -0.499. The molecule has 3 aromatic rings. The number of hydrogen-bond donors (Lipinski definition) is 1. The van der Waals surface area contributed by atoms with Gasteiger partial charge in [0, 0.05) is 10.6 Å². The van der Waals surface area contributed by atoms with Crippen LogP contribution in [0.15, 0.2) is 78.9 Å². The van der Waals surface area contributed by atoms with Crippen LogP contribution >= 0.6 is 23.4 Å². The van der Waals surface area contributed by atoms with Crippen molar-refractivity contribution in [3.8, 4) is 0 Å². The molecule has 2 N–H and O–H groups in total. The molecular weight excluding hydrogens is 386 g/mol. The Morgan fingerprint density at radius 1 is 0.929 bits per heavy atom. The Hall–Kier alpha value is -2.07. The Labute approximate surface area is 176 Å². The number of Topliss-reactive ketones (excluding diaryl/α,β-unsaturated/α-hetero) is 1. The average molecular weight is 409 g/mol. The van der Waals surface area contributed by atoms with Crippen molar-refractivity contribution >= 4 is 29.1 Å². The lowest BCUT2D eigenvalue weighted by Gasteiger charge is -2.20. The molecule has 0 saturated carbocycles. The fourth-order valence-electron chi connectivity index (χ4n) is 3.15. The molecule has 0 aliphatic carbocycles. The number of ketones is 1. The van der Waals surface area contributed by atoms with E-state index < -0.39 is 6.04 Å². The molecule has 1 radical (unpaired) electrons. The highest BCUT2D eigenvalue weighted by Crippen LogP contribution is 2.35. The van der Waals surface area contributed by atoms with Gasteiger partial charge in [-0.2, -0.15) is 11.8 Å². The van der Waals surface area contributed by atoms with E-state index in [-0.39, 0.29) is 5.78 Å². The zero-order chi connectivity index (χ0) is 19.9. The highest BCUT2D eigenvalue weighted by atomic mass is 35.5. The minimum Gasteiger partial charge on any atom is -0.321 e. The van der Waals surface area contributed by atoms with Crippen molar-refractivity contribution in [1.82, 2.24) is 0 Å². The average Bonchev–Trinajstić information content (AvgIpc) is 2.74. The second kappa shape index (κ2) is 9.92. The van der Waals surface area contributed by atoms with Crippen LogP contribution in [0.1, 0.15) is 33.5 Å². The molecule has 0 saturated heterocycles. The van der Waals surface area contributed by atoms with Crippen LogP contribution in [0, 0.1) is 5.92 Å². The molecular formula is C24H23ClNOS. The first kappa shape index (κ1) is 20.7. The second-order valence-electron chi connectivity index (χ2n) is 6.55. The molecule has 2 nitrogen and oxygen atoms in total. The molecule has 0 heterocycles. The predicted molar refractivity (Wildman–Crippen MR) is 120 cm³/mol. The van der Waals surface area contributed by atoms with Crippen molar-refractivity contribution in [3.63, 3.8) is 0 Å². The lowest BCUT2D eigenvalue weighted by atomic mass is 9.84. The van der Waals surface area contributed by atoms with Crippen molar-refractivity contribution in [2.45, 2.75) is 12.5 Å². The van der Waals surface area contributed by atoms with E-state index in [9.17, 15) is 4.79 Å². The Bertz CT molecular complexity index is 875. The molecule has 0 amide bonds. The summed E-state index contributed by atoms with van der Waals surface area (Å²) in [5.41, 5.74) is 9.66. The maximum atomic E-state index is 12.6. The predicted octanol–water partition coefficient (Wildman–Crippen LogP) is 5.62. The SMILES string of the molecule is CSCC[C@H](N)C(=O)c1ccc([C](c2ccccc2)c2ccccc2)c(Cl)c1. The molecule has 143 valence electrons. The topological polar surface area (TPSA) is 43.1 Å². The normalized spacial score (nSPS) is 12.1. The van der Waals surface area contributed by atoms with Crippen LogP contribution in [0.25, 0.3) is 0 Å². The molecule has 0 aromatic heterocycles. The highest BCUT2D eigenvalue weighted by molar-refractivity contribution is 7.98. The van der Waals surface area contributed by atoms with Crippen molar-refractivity contribution in [2.75, 3.05) is 12.0 Å². The van der Waals surface area contributed by atoms with Gasteiger partial charge in [0.15, 0.2) is 5.78 Å². The van der Waals surface area contributed by atoms with Gasteiger partial charge in [-0.05, 0) is 41.2 Å². The van der Waals surface area contributed by atoms with E-state index in [0.29, 0.717) is 17.0 Å². The van der Waals surface area contributed by atoms with Crippen molar-refractivity contribution in [3.05, 3.63) is 112 Å². The van der Waals surface area contributed by atoms with Gasteiger partial charge in [-0.25, -0.2) is 0 Å². The van der Waals surface area contributed by atoms with E-state index >= 15 is 0 Å². The number of hydrogen-bond acceptors (Lipinski definition) is 3. The molecule has 0 unspecified atom stereocenters. The fraction of sp³-hybridized carbons (Fsp3) is 0.167. The summed E-state index contributed by atoms with van der Waals surface area (Å²) in [6.45, 7) is 0. The molecule has 3 rings (SSSR count). The van der Waals surface area contributed by atoms with Gasteiger partial charge in [0.25, 0.3) is 0 Å². The van der Waals surface area contributed by atoms with Crippen LogP contribution in [-0.4, -0.2) is 23.8 Å². The van der Waals surface area contributed by atoms with Crippen LogP contribution in [0.4, 0.5) is 0 Å². The third-order valence-corrected chi connectivity index (χ3v) is 5.57. The van der Waals surface area contributed by atoms with E-state index in [2.05, 4.69) is 24.3 Å². The number of nitrogens with two attached hydrogens (primary N) is 1. The first-order valence-corrected chi connectivity index (χ1v) is 11.0. The van der Waals surface area contributed by atoms with E-state index in [1.54, 1.807) is 17.8 Å². The van der Waals surface area contributed by atoms with Gasteiger partial charge in [-0.1, -0.05) is 84.4 Å². The number of carbonyl (C=O) groups is 1. The lowest BCUT2D eigenvalue weighted by molar-refractivity contribution is 0.0960. The summed E-state index contributed by atoms with van der Waals surface area (Å²) in [6.07, 6.45) is 2.66. The molecule has 0 fully saturated rings. The van der Waals surface area contributed by atoms with Crippen molar-refractivity contribution in [2.24, 2.45) is 5.73 Å². The number of benzene rings is 3. The summed E-state index contributed by atoms with van der Waals surface area (Å²) in [6, 6.07) is 25.3. The molecule has 28 heavy (non-hydrogen) atoms. The lowest BCUT2D eigenvalue weighted by Crippen LogP contribution is -2.31. The van der Waals surface area contributed by atoms with E-state index in [1.165, 1.54) is 0 Å². The van der Waals surface area contributed by atoms with Crippen LogP contribution in [0.3, 0.4) is 0 Å². The second-order valence-corrected chi connectivity index (χ2v) is 7.95. The minimum absolute atomic E-state index is 0.0662. The maximum absolute atomic E-state index is 12.6. The van der Waals surface area contributed by atoms with Crippen LogP contribution in [-0.2, 0) is 0 Å². The van der Waals surface area contributed by atoms with Gasteiger partial charge in [0.05, 0.1) is 12.0 Å². The van der Waals surface area contributed by atoms with E-state index in [4.69, 9.17) is 17.3 Å². The quantitative estimate of drug-likeness (QED) is 0.388. The first-order valence-electron chi connectivity index (χ1n) is 9.18. The molecule has 0 bridgehead atoms. The van der Waals surface area contributed by atoms with Crippen molar-refractivity contribution < 1.29 is 4.79 Å². The largest absolute Gasteiger partial charge is 0.321 e. The van der Waals surface area contributed by atoms with Gasteiger partial charge in [0.1, 0.15) is 0 Å². The zero-order valence-electron chi connectivity index (χ0n) is 15.8. The third-order valence-electron chi connectivity index (χ3n) is 4.62. The Morgan fingerprint density at radius 2 is 1.50 bits per heavy atom.